The molecule has 0 unspecified atom stereocenters. The van der Waals surface area contributed by atoms with Crippen LogP contribution < -0.4 is 16.0 Å². The summed E-state index contributed by atoms with van der Waals surface area (Å²) in [6, 6.07) is 1.81. The van der Waals surface area contributed by atoms with Gasteiger partial charge in [-0.1, -0.05) is 6.92 Å². The van der Waals surface area contributed by atoms with Gasteiger partial charge in [-0.2, -0.15) is 0 Å². The third-order valence-electron chi connectivity index (χ3n) is 2.22. The summed E-state index contributed by atoms with van der Waals surface area (Å²) in [4.78, 5) is 21.3. The van der Waals surface area contributed by atoms with Gasteiger partial charge in [-0.3, -0.25) is 4.79 Å². The number of hydrogen-bond donors (Lipinski definition) is 2. The SMILES string of the molecule is CCNc1cc(N(C)CC(N)=O)nc(CC)n1. The topological polar surface area (TPSA) is 84.1 Å². The van der Waals surface area contributed by atoms with E-state index in [0.29, 0.717) is 5.82 Å². The number of nitrogens with two attached hydrogens (primary N) is 1. The molecule has 0 fully saturated rings. The number of anilines is 2. The maximum absolute atomic E-state index is 10.9. The van der Waals surface area contributed by atoms with Gasteiger partial charge in [-0.05, 0) is 6.92 Å². The number of primary amides is 1. The number of likely N-dealkylation sites (N-methyl/N-ethyl adjacent to an activating group) is 1. The highest BCUT2D eigenvalue weighted by molar-refractivity contribution is 5.79. The average Bonchev–Trinajstić information content (AvgIpc) is 2.28. The fraction of sp³-hybridized carbons (Fsp3) is 0.545. The van der Waals surface area contributed by atoms with Crippen molar-refractivity contribution in [3.8, 4) is 0 Å². The molecule has 1 aromatic heterocycles. The van der Waals surface area contributed by atoms with Crippen LogP contribution in [0.2, 0.25) is 0 Å². The first-order valence-electron chi connectivity index (χ1n) is 5.68. The Morgan fingerprint density at radius 2 is 2.18 bits per heavy atom. The Labute approximate surface area is 101 Å². The van der Waals surface area contributed by atoms with E-state index in [9.17, 15) is 4.79 Å². The number of amides is 1. The highest BCUT2D eigenvalue weighted by Crippen LogP contribution is 2.14. The van der Waals surface area contributed by atoms with Crippen molar-refractivity contribution in [1.29, 1.82) is 0 Å². The van der Waals surface area contributed by atoms with Crippen LogP contribution in [0.4, 0.5) is 11.6 Å². The molecule has 17 heavy (non-hydrogen) atoms. The molecule has 1 aromatic rings. The molecule has 0 aliphatic heterocycles. The molecular weight excluding hydrogens is 218 g/mol. The van der Waals surface area contributed by atoms with E-state index in [1.54, 1.807) is 11.9 Å². The number of nitrogens with zero attached hydrogens (tertiary/aromatic N) is 3. The van der Waals surface area contributed by atoms with E-state index in [2.05, 4.69) is 15.3 Å². The zero-order valence-electron chi connectivity index (χ0n) is 10.5. The Morgan fingerprint density at radius 1 is 1.47 bits per heavy atom. The fourth-order valence-corrected chi connectivity index (χ4v) is 1.42. The Balaban J connectivity index is 2.96. The van der Waals surface area contributed by atoms with Gasteiger partial charge in [0.25, 0.3) is 0 Å². The van der Waals surface area contributed by atoms with Crippen molar-refractivity contribution in [2.75, 3.05) is 30.4 Å². The molecule has 0 radical (unpaired) electrons. The lowest BCUT2D eigenvalue weighted by molar-refractivity contribution is -0.116. The first kappa shape index (κ1) is 13.2. The van der Waals surface area contributed by atoms with E-state index in [4.69, 9.17) is 5.73 Å². The molecule has 94 valence electrons. The van der Waals surface area contributed by atoms with Crippen LogP contribution in [-0.2, 0) is 11.2 Å². The van der Waals surface area contributed by atoms with Crippen molar-refractivity contribution in [1.82, 2.24) is 9.97 Å². The molecule has 0 aromatic carbocycles. The minimum Gasteiger partial charge on any atom is -0.370 e. The summed E-state index contributed by atoms with van der Waals surface area (Å²) in [5.41, 5.74) is 5.16. The zero-order chi connectivity index (χ0) is 12.8. The summed E-state index contributed by atoms with van der Waals surface area (Å²) >= 11 is 0. The summed E-state index contributed by atoms with van der Waals surface area (Å²) in [6.07, 6.45) is 0.747. The van der Waals surface area contributed by atoms with Gasteiger partial charge in [-0.25, -0.2) is 9.97 Å². The molecule has 6 nitrogen and oxygen atoms in total. The van der Waals surface area contributed by atoms with Gasteiger partial charge < -0.3 is 16.0 Å². The first-order chi connectivity index (χ1) is 8.06. The van der Waals surface area contributed by atoms with Crippen molar-refractivity contribution in [3.63, 3.8) is 0 Å². The minimum absolute atomic E-state index is 0.145. The second-order valence-corrected chi connectivity index (χ2v) is 3.73. The normalized spacial score (nSPS) is 10.1. The van der Waals surface area contributed by atoms with Crippen LogP contribution in [0.15, 0.2) is 6.07 Å². The second-order valence-electron chi connectivity index (χ2n) is 3.73. The number of aryl methyl sites for hydroxylation is 1. The largest absolute Gasteiger partial charge is 0.370 e. The van der Waals surface area contributed by atoms with Gasteiger partial charge in [0.1, 0.15) is 17.5 Å². The summed E-state index contributed by atoms with van der Waals surface area (Å²) in [6.45, 7) is 4.92. The number of nitrogens with one attached hydrogen (secondary N) is 1. The molecule has 3 N–H and O–H groups in total. The number of rotatable bonds is 6. The lowest BCUT2D eigenvalue weighted by atomic mass is 10.4. The average molecular weight is 237 g/mol. The van der Waals surface area contributed by atoms with Gasteiger partial charge in [0, 0.05) is 26.1 Å². The molecule has 0 saturated heterocycles. The molecule has 0 spiro atoms. The molecule has 1 rings (SSSR count). The van der Waals surface area contributed by atoms with Crippen LogP contribution in [-0.4, -0.2) is 36.0 Å². The Morgan fingerprint density at radius 3 is 2.71 bits per heavy atom. The molecule has 1 amide bonds. The number of hydrogen-bond acceptors (Lipinski definition) is 5. The van der Waals surface area contributed by atoms with Crippen LogP contribution in [0.25, 0.3) is 0 Å². The summed E-state index contributed by atoms with van der Waals surface area (Å²) < 4.78 is 0. The molecule has 6 heteroatoms. The quantitative estimate of drug-likeness (QED) is 0.747. The molecule has 0 aliphatic rings. The van der Waals surface area contributed by atoms with Crippen LogP contribution in [0.3, 0.4) is 0 Å². The van der Waals surface area contributed by atoms with Gasteiger partial charge in [0.05, 0.1) is 6.54 Å². The maximum atomic E-state index is 10.9. The predicted molar refractivity (Wildman–Crippen MR) is 68.0 cm³/mol. The standard InChI is InChI=1S/C11H19N5O/c1-4-9-14-10(13-5-2)6-11(15-9)16(3)7-8(12)17/h6H,4-5,7H2,1-3H3,(H2,12,17)(H,13,14,15). The van der Waals surface area contributed by atoms with Crippen molar-refractivity contribution in [3.05, 3.63) is 11.9 Å². The molecule has 0 aliphatic carbocycles. The summed E-state index contributed by atoms with van der Waals surface area (Å²) in [5, 5.41) is 3.14. The van der Waals surface area contributed by atoms with E-state index in [0.717, 1.165) is 24.6 Å². The number of aromatic nitrogens is 2. The van der Waals surface area contributed by atoms with Crippen molar-refractivity contribution >= 4 is 17.5 Å². The van der Waals surface area contributed by atoms with Crippen molar-refractivity contribution < 1.29 is 4.79 Å². The van der Waals surface area contributed by atoms with Crippen LogP contribution in [0.5, 0.6) is 0 Å². The van der Waals surface area contributed by atoms with E-state index in [-0.39, 0.29) is 12.5 Å². The zero-order valence-corrected chi connectivity index (χ0v) is 10.5. The van der Waals surface area contributed by atoms with Gasteiger partial charge in [0.15, 0.2) is 0 Å². The Bertz CT molecular complexity index is 393. The Hall–Kier alpha value is -1.85. The molecule has 1 heterocycles. The highest BCUT2D eigenvalue weighted by atomic mass is 16.1. The highest BCUT2D eigenvalue weighted by Gasteiger charge is 2.09. The van der Waals surface area contributed by atoms with Crippen molar-refractivity contribution in [2.24, 2.45) is 5.73 Å². The second kappa shape index (κ2) is 6.03. The Kier molecular flexibility index (Phi) is 4.68. The molecule has 0 bridgehead atoms. The maximum Gasteiger partial charge on any atom is 0.236 e. The van der Waals surface area contributed by atoms with E-state index < -0.39 is 0 Å². The lowest BCUT2D eigenvalue weighted by Crippen LogP contribution is -2.31. The third kappa shape index (κ3) is 3.90. The fourth-order valence-electron chi connectivity index (χ4n) is 1.42. The van der Waals surface area contributed by atoms with Crippen LogP contribution in [0, 0.1) is 0 Å². The number of carbonyl (C=O) groups excluding carboxylic acids is 1. The van der Waals surface area contributed by atoms with Gasteiger partial charge in [0.2, 0.25) is 5.91 Å². The molecular formula is C11H19N5O. The van der Waals surface area contributed by atoms with Crippen molar-refractivity contribution in [2.45, 2.75) is 20.3 Å². The van der Waals surface area contributed by atoms with Gasteiger partial charge in [-0.15, -0.1) is 0 Å². The smallest absolute Gasteiger partial charge is 0.236 e. The third-order valence-corrected chi connectivity index (χ3v) is 2.22. The van der Waals surface area contributed by atoms with E-state index >= 15 is 0 Å². The predicted octanol–water partition coefficient (Wildman–Crippen LogP) is 0.392. The molecule has 0 saturated carbocycles. The summed E-state index contributed by atoms with van der Waals surface area (Å²) in [7, 11) is 1.78. The van der Waals surface area contributed by atoms with Crippen LogP contribution >= 0.6 is 0 Å². The van der Waals surface area contributed by atoms with Crippen LogP contribution in [0.1, 0.15) is 19.7 Å². The van der Waals surface area contributed by atoms with Gasteiger partial charge >= 0.3 is 0 Å². The van der Waals surface area contributed by atoms with E-state index in [1.807, 2.05) is 19.9 Å². The van der Waals surface area contributed by atoms with E-state index in [1.165, 1.54) is 0 Å². The first-order valence-corrected chi connectivity index (χ1v) is 5.68. The minimum atomic E-state index is -0.380. The summed E-state index contributed by atoms with van der Waals surface area (Å²) in [5.74, 6) is 1.83. The lowest BCUT2D eigenvalue weighted by Gasteiger charge is -2.17. The molecule has 0 atom stereocenters. The number of carbonyl (C=O) groups is 1. The monoisotopic (exact) mass is 237 g/mol.